The maximum Gasteiger partial charge on any atom is 0.332 e. The monoisotopic (exact) mass is 298 g/mol. The van der Waals surface area contributed by atoms with Crippen LogP contribution in [-0.4, -0.2) is 14.8 Å². The Morgan fingerprint density at radius 3 is 2.45 bits per heavy atom. The second-order valence-corrected chi connectivity index (χ2v) is 5.52. The predicted molar refractivity (Wildman–Crippen MR) is 86.2 cm³/mol. The zero-order chi connectivity index (χ0) is 15.7. The third-order valence-electron chi connectivity index (χ3n) is 3.85. The van der Waals surface area contributed by atoms with E-state index in [1.165, 1.54) is 17.7 Å². The zero-order valence-electron chi connectivity index (χ0n) is 12.6. The van der Waals surface area contributed by atoms with Crippen LogP contribution in [0.15, 0.2) is 51.1 Å². The van der Waals surface area contributed by atoms with E-state index in [2.05, 4.69) is 10.5 Å². The van der Waals surface area contributed by atoms with Gasteiger partial charge >= 0.3 is 5.69 Å². The second kappa shape index (κ2) is 5.63. The number of hydrogen-bond donors (Lipinski definition) is 1. The molecule has 6 nitrogen and oxygen atoms in total. The molecule has 1 fully saturated rings. The van der Waals surface area contributed by atoms with Gasteiger partial charge in [0.25, 0.3) is 5.56 Å². The smallest absolute Gasteiger partial charge is 0.281 e. The van der Waals surface area contributed by atoms with Crippen LogP contribution in [0.4, 0.5) is 5.82 Å². The van der Waals surface area contributed by atoms with Gasteiger partial charge in [-0.1, -0.05) is 30.3 Å². The van der Waals surface area contributed by atoms with E-state index in [-0.39, 0.29) is 11.2 Å². The number of nitrogens with zero attached hydrogens (tertiary/aromatic N) is 3. The Bertz CT molecular complexity index is 829. The first-order valence-electron chi connectivity index (χ1n) is 7.24. The van der Waals surface area contributed by atoms with Crippen molar-refractivity contribution < 1.29 is 0 Å². The summed E-state index contributed by atoms with van der Waals surface area (Å²) in [7, 11) is 3.07. The predicted octanol–water partition coefficient (Wildman–Crippen LogP) is 1.31. The highest BCUT2D eigenvalue weighted by atomic mass is 16.2. The molecule has 22 heavy (non-hydrogen) atoms. The van der Waals surface area contributed by atoms with E-state index in [1.807, 2.05) is 30.3 Å². The number of hydrogen-bond acceptors (Lipinski definition) is 4. The number of rotatable bonds is 4. The quantitative estimate of drug-likeness (QED) is 0.683. The minimum Gasteiger partial charge on any atom is -0.281 e. The van der Waals surface area contributed by atoms with E-state index in [1.54, 1.807) is 7.05 Å². The summed E-state index contributed by atoms with van der Waals surface area (Å²) in [4.78, 5) is 23.6. The van der Waals surface area contributed by atoms with E-state index >= 15 is 0 Å². The Hall–Kier alpha value is -2.63. The van der Waals surface area contributed by atoms with Gasteiger partial charge < -0.3 is 0 Å². The summed E-state index contributed by atoms with van der Waals surface area (Å²) < 4.78 is 2.44. The van der Waals surface area contributed by atoms with Crippen molar-refractivity contribution in [3.63, 3.8) is 0 Å². The van der Waals surface area contributed by atoms with Crippen LogP contribution in [-0.2, 0) is 14.1 Å². The lowest BCUT2D eigenvalue weighted by molar-refractivity contribution is 0.690. The summed E-state index contributed by atoms with van der Waals surface area (Å²) in [5.41, 5.74) is 4.18. The average Bonchev–Trinajstić information content (AvgIpc) is 3.36. The summed E-state index contributed by atoms with van der Waals surface area (Å²) in [6.45, 7) is 0. The molecule has 3 rings (SSSR count). The number of nitrogens with one attached hydrogen (secondary N) is 1. The van der Waals surface area contributed by atoms with E-state index in [9.17, 15) is 9.59 Å². The Morgan fingerprint density at radius 1 is 1.14 bits per heavy atom. The average molecular weight is 298 g/mol. The normalized spacial score (nSPS) is 14.9. The maximum absolute atomic E-state index is 11.9. The molecule has 0 saturated heterocycles. The zero-order valence-corrected chi connectivity index (χ0v) is 12.6. The fourth-order valence-electron chi connectivity index (χ4n) is 2.31. The molecule has 114 valence electrons. The molecule has 1 aromatic heterocycles. The Labute approximate surface area is 127 Å². The van der Waals surface area contributed by atoms with Gasteiger partial charge in [-0.2, -0.15) is 5.10 Å². The molecule has 0 spiro atoms. The van der Waals surface area contributed by atoms with Crippen molar-refractivity contribution in [3.05, 3.63) is 62.8 Å². The van der Waals surface area contributed by atoms with Gasteiger partial charge in [-0.15, -0.1) is 0 Å². The van der Waals surface area contributed by atoms with Gasteiger partial charge in [-0.25, -0.2) is 4.79 Å². The van der Waals surface area contributed by atoms with Crippen molar-refractivity contribution in [3.8, 4) is 0 Å². The Kier molecular flexibility index (Phi) is 3.66. The fourth-order valence-corrected chi connectivity index (χ4v) is 2.31. The minimum absolute atomic E-state index is 0.353. The second-order valence-electron chi connectivity index (χ2n) is 5.52. The maximum atomic E-state index is 11.9. The summed E-state index contributed by atoms with van der Waals surface area (Å²) in [6.07, 6.45) is 2.23. The number of anilines is 1. The standard InChI is InChI=1S/C16H18N4O2/c1-19-13(10-14(21)20(2)16(19)22)17-18-15(12-8-9-12)11-6-4-3-5-7-11/h3-7,10,12,17H,8-9H2,1-2H3/b18-15+. The van der Waals surface area contributed by atoms with Crippen LogP contribution in [0.3, 0.4) is 0 Å². The van der Waals surface area contributed by atoms with E-state index in [0.29, 0.717) is 11.7 Å². The third kappa shape index (κ3) is 2.72. The lowest BCUT2D eigenvalue weighted by Crippen LogP contribution is -2.37. The Balaban J connectivity index is 1.96. The summed E-state index contributed by atoms with van der Waals surface area (Å²) in [6, 6.07) is 11.3. The van der Waals surface area contributed by atoms with Crippen molar-refractivity contribution in [1.29, 1.82) is 0 Å². The number of benzene rings is 1. The molecule has 1 heterocycles. The highest BCUT2D eigenvalue weighted by Crippen LogP contribution is 2.33. The molecule has 6 heteroatoms. The number of hydrazone groups is 1. The molecule has 0 bridgehead atoms. The van der Waals surface area contributed by atoms with Gasteiger partial charge in [-0.3, -0.25) is 19.4 Å². The topological polar surface area (TPSA) is 68.4 Å². The first-order valence-corrected chi connectivity index (χ1v) is 7.24. The van der Waals surface area contributed by atoms with Gasteiger partial charge in [-0.05, 0) is 18.4 Å². The molecule has 1 N–H and O–H groups in total. The van der Waals surface area contributed by atoms with Crippen molar-refractivity contribution >= 4 is 11.5 Å². The van der Waals surface area contributed by atoms with Crippen LogP contribution in [0.2, 0.25) is 0 Å². The third-order valence-corrected chi connectivity index (χ3v) is 3.85. The van der Waals surface area contributed by atoms with Crippen molar-refractivity contribution in [2.45, 2.75) is 12.8 Å². The lowest BCUT2D eigenvalue weighted by Gasteiger charge is -2.10. The summed E-state index contributed by atoms with van der Waals surface area (Å²) >= 11 is 0. The van der Waals surface area contributed by atoms with Crippen LogP contribution in [0.25, 0.3) is 0 Å². The molecule has 2 aromatic rings. The van der Waals surface area contributed by atoms with Gasteiger partial charge in [0.1, 0.15) is 5.82 Å². The highest BCUT2D eigenvalue weighted by Gasteiger charge is 2.28. The molecule has 1 aliphatic carbocycles. The molecule has 0 unspecified atom stereocenters. The first-order chi connectivity index (χ1) is 10.6. The molecule has 1 aliphatic rings. The van der Waals surface area contributed by atoms with Crippen molar-refractivity contribution in [2.75, 3.05) is 5.43 Å². The van der Waals surface area contributed by atoms with E-state index < -0.39 is 0 Å². The molecule has 1 aromatic carbocycles. The molecular weight excluding hydrogens is 280 g/mol. The molecule has 1 saturated carbocycles. The fraction of sp³-hybridized carbons (Fsp3) is 0.312. The van der Waals surface area contributed by atoms with Gasteiger partial charge in [0.15, 0.2) is 0 Å². The summed E-state index contributed by atoms with van der Waals surface area (Å²) in [5, 5.41) is 4.46. The number of aromatic nitrogens is 2. The van der Waals surface area contributed by atoms with Crippen LogP contribution >= 0.6 is 0 Å². The van der Waals surface area contributed by atoms with Gasteiger partial charge in [0.2, 0.25) is 0 Å². The molecule has 0 atom stereocenters. The molecular formula is C16H18N4O2. The molecule has 0 aliphatic heterocycles. The van der Waals surface area contributed by atoms with Gasteiger partial charge in [0, 0.05) is 26.1 Å². The van der Waals surface area contributed by atoms with Crippen molar-refractivity contribution in [2.24, 2.45) is 25.1 Å². The van der Waals surface area contributed by atoms with E-state index in [0.717, 1.165) is 28.7 Å². The van der Waals surface area contributed by atoms with Crippen LogP contribution in [0.1, 0.15) is 18.4 Å². The largest absolute Gasteiger partial charge is 0.332 e. The SMILES string of the molecule is Cn1c(N/N=C(\c2ccccc2)C2CC2)cc(=O)n(C)c1=O. The molecule has 0 amide bonds. The molecule has 0 radical (unpaired) electrons. The Morgan fingerprint density at radius 2 is 1.82 bits per heavy atom. The highest BCUT2D eigenvalue weighted by molar-refractivity contribution is 6.03. The van der Waals surface area contributed by atoms with E-state index in [4.69, 9.17) is 0 Å². The summed E-state index contributed by atoms with van der Waals surface area (Å²) in [5.74, 6) is 0.834. The van der Waals surface area contributed by atoms with Gasteiger partial charge in [0.05, 0.1) is 5.71 Å². The lowest BCUT2D eigenvalue weighted by atomic mass is 10.1. The first kappa shape index (κ1) is 14.3. The minimum atomic E-state index is -0.377. The van der Waals surface area contributed by atoms with Crippen LogP contribution < -0.4 is 16.7 Å². The van der Waals surface area contributed by atoms with Crippen LogP contribution in [0.5, 0.6) is 0 Å². The van der Waals surface area contributed by atoms with Crippen LogP contribution in [0, 0.1) is 5.92 Å². The van der Waals surface area contributed by atoms with Crippen molar-refractivity contribution in [1.82, 2.24) is 9.13 Å².